The molecule has 1 unspecified atom stereocenters. The fraction of sp³-hybridized carbons (Fsp3) is 0.190. The molecule has 3 nitrogen and oxygen atoms in total. The molecule has 2 N–H and O–H groups in total. The molecule has 0 spiro atoms. The smallest absolute Gasteiger partial charge is 0.220 e. The Morgan fingerprint density at radius 2 is 1.62 bits per heavy atom. The zero-order valence-electron chi connectivity index (χ0n) is 13.5. The van der Waals surface area contributed by atoms with Crippen LogP contribution in [0.25, 0.3) is 10.8 Å². The van der Waals surface area contributed by atoms with Gasteiger partial charge in [-0.2, -0.15) is 0 Å². The van der Waals surface area contributed by atoms with E-state index in [1.54, 1.807) is 0 Å². The van der Waals surface area contributed by atoms with Crippen molar-refractivity contribution in [2.45, 2.75) is 18.9 Å². The van der Waals surface area contributed by atoms with E-state index in [0.717, 1.165) is 21.9 Å². The maximum absolute atomic E-state index is 11.9. The number of amides is 1. The molecule has 3 rings (SSSR count). The fourth-order valence-electron chi connectivity index (χ4n) is 2.73. The highest BCUT2D eigenvalue weighted by Crippen LogP contribution is 2.20. The number of fused-ring (bicyclic) bond motifs is 1. The van der Waals surface area contributed by atoms with Crippen LogP contribution in [0.15, 0.2) is 72.8 Å². The number of aliphatic hydroxyl groups is 1. The van der Waals surface area contributed by atoms with Crippen LogP contribution < -0.4 is 5.32 Å². The zero-order valence-corrected chi connectivity index (χ0v) is 13.5. The Bertz CT molecular complexity index is 814. The molecule has 1 amide bonds. The lowest BCUT2D eigenvalue weighted by Crippen LogP contribution is -2.28. The fourth-order valence-corrected chi connectivity index (χ4v) is 2.73. The molecular formula is C21H21NO2. The summed E-state index contributed by atoms with van der Waals surface area (Å²) in [5, 5.41) is 15.3. The number of nitrogens with one attached hydrogen (secondary N) is 1. The third-order valence-corrected chi connectivity index (χ3v) is 4.13. The average molecular weight is 319 g/mol. The van der Waals surface area contributed by atoms with E-state index >= 15 is 0 Å². The molecule has 24 heavy (non-hydrogen) atoms. The summed E-state index contributed by atoms with van der Waals surface area (Å²) in [4.78, 5) is 11.9. The van der Waals surface area contributed by atoms with Gasteiger partial charge in [0.15, 0.2) is 0 Å². The molecule has 122 valence electrons. The molecule has 3 aromatic carbocycles. The van der Waals surface area contributed by atoms with Gasteiger partial charge in [0.05, 0.1) is 6.10 Å². The van der Waals surface area contributed by atoms with Crippen molar-refractivity contribution in [3.63, 3.8) is 0 Å². The van der Waals surface area contributed by atoms with Gasteiger partial charge in [0.2, 0.25) is 5.91 Å². The molecule has 0 saturated heterocycles. The highest BCUT2D eigenvalue weighted by atomic mass is 16.3. The Hall–Kier alpha value is -2.65. The first kappa shape index (κ1) is 16.2. The van der Waals surface area contributed by atoms with Crippen LogP contribution in [0.1, 0.15) is 23.7 Å². The Morgan fingerprint density at radius 1 is 0.917 bits per heavy atom. The first-order valence-electron chi connectivity index (χ1n) is 8.20. The van der Waals surface area contributed by atoms with Gasteiger partial charge in [-0.1, -0.05) is 66.7 Å². The molecular weight excluding hydrogens is 298 g/mol. The van der Waals surface area contributed by atoms with E-state index < -0.39 is 6.10 Å². The molecule has 0 aliphatic heterocycles. The van der Waals surface area contributed by atoms with Crippen molar-refractivity contribution in [2.75, 3.05) is 6.54 Å². The SMILES string of the molecule is O=C(CCc1ccccc1)NCC(O)c1ccc2ccccc2c1. The third kappa shape index (κ3) is 4.21. The molecule has 0 bridgehead atoms. The molecule has 3 aromatic rings. The number of benzene rings is 3. The topological polar surface area (TPSA) is 49.3 Å². The van der Waals surface area contributed by atoms with Gasteiger partial charge in [-0.15, -0.1) is 0 Å². The lowest BCUT2D eigenvalue weighted by Gasteiger charge is -2.13. The van der Waals surface area contributed by atoms with Crippen LogP contribution in [0.5, 0.6) is 0 Å². The van der Waals surface area contributed by atoms with E-state index in [1.807, 2.05) is 72.8 Å². The summed E-state index contributed by atoms with van der Waals surface area (Å²) in [7, 11) is 0. The van der Waals surface area contributed by atoms with Gasteiger partial charge >= 0.3 is 0 Å². The molecule has 0 aliphatic rings. The quantitative estimate of drug-likeness (QED) is 0.729. The average Bonchev–Trinajstić information content (AvgIpc) is 2.65. The minimum absolute atomic E-state index is 0.0429. The van der Waals surface area contributed by atoms with Crippen molar-refractivity contribution in [3.8, 4) is 0 Å². The van der Waals surface area contributed by atoms with Crippen LogP contribution in [0.3, 0.4) is 0 Å². The maximum Gasteiger partial charge on any atom is 0.220 e. The van der Waals surface area contributed by atoms with Gasteiger partial charge in [-0.25, -0.2) is 0 Å². The van der Waals surface area contributed by atoms with E-state index in [9.17, 15) is 9.90 Å². The van der Waals surface area contributed by atoms with E-state index in [1.165, 1.54) is 0 Å². The summed E-state index contributed by atoms with van der Waals surface area (Å²) in [6, 6.07) is 23.8. The van der Waals surface area contributed by atoms with Crippen LogP contribution in [0, 0.1) is 0 Å². The molecule has 0 fully saturated rings. The van der Waals surface area contributed by atoms with E-state index in [4.69, 9.17) is 0 Å². The monoisotopic (exact) mass is 319 g/mol. The summed E-state index contributed by atoms with van der Waals surface area (Å²) in [5.74, 6) is -0.0429. The minimum Gasteiger partial charge on any atom is -0.387 e. The molecule has 0 aliphatic carbocycles. The van der Waals surface area contributed by atoms with Crippen LogP contribution >= 0.6 is 0 Å². The normalized spacial score (nSPS) is 12.0. The molecule has 0 heterocycles. The second-order valence-corrected chi connectivity index (χ2v) is 5.91. The lowest BCUT2D eigenvalue weighted by atomic mass is 10.0. The number of aliphatic hydroxyl groups excluding tert-OH is 1. The first-order chi connectivity index (χ1) is 11.7. The molecule has 3 heteroatoms. The minimum atomic E-state index is -0.699. The molecule has 0 saturated carbocycles. The van der Waals surface area contributed by atoms with Crippen LogP contribution in [-0.4, -0.2) is 17.6 Å². The summed E-state index contributed by atoms with van der Waals surface area (Å²) in [6.07, 6.45) is 0.433. The van der Waals surface area contributed by atoms with Crippen molar-refractivity contribution >= 4 is 16.7 Å². The van der Waals surface area contributed by atoms with Gasteiger partial charge in [0.25, 0.3) is 0 Å². The van der Waals surface area contributed by atoms with Crippen LogP contribution in [0.4, 0.5) is 0 Å². The van der Waals surface area contributed by atoms with Gasteiger partial charge < -0.3 is 10.4 Å². The van der Waals surface area contributed by atoms with Gasteiger partial charge in [-0.05, 0) is 34.4 Å². The first-order valence-corrected chi connectivity index (χ1v) is 8.20. The summed E-state index contributed by atoms with van der Waals surface area (Å²) in [5.41, 5.74) is 1.96. The lowest BCUT2D eigenvalue weighted by molar-refractivity contribution is -0.121. The van der Waals surface area contributed by atoms with E-state index in [2.05, 4.69) is 5.32 Å². The maximum atomic E-state index is 11.9. The highest BCUT2D eigenvalue weighted by Gasteiger charge is 2.10. The molecule has 1 atom stereocenters. The van der Waals surface area contributed by atoms with E-state index in [-0.39, 0.29) is 12.5 Å². The van der Waals surface area contributed by atoms with Gasteiger partial charge in [0, 0.05) is 13.0 Å². The Labute approximate surface area is 142 Å². The Kier molecular flexibility index (Phi) is 5.24. The van der Waals surface area contributed by atoms with Crippen molar-refractivity contribution in [3.05, 3.63) is 83.9 Å². The van der Waals surface area contributed by atoms with Crippen molar-refractivity contribution < 1.29 is 9.90 Å². The van der Waals surface area contributed by atoms with Crippen molar-refractivity contribution in [1.82, 2.24) is 5.32 Å². The predicted molar refractivity (Wildman–Crippen MR) is 96.7 cm³/mol. The second kappa shape index (κ2) is 7.75. The van der Waals surface area contributed by atoms with Gasteiger partial charge in [0.1, 0.15) is 0 Å². The van der Waals surface area contributed by atoms with Crippen LogP contribution in [0.2, 0.25) is 0 Å². The number of carbonyl (C=O) groups excluding carboxylic acids is 1. The standard InChI is InChI=1S/C21H21NO2/c23-20(19-12-11-17-8-4-5-9-18(17)14-19)15-22-21(24)13-10-16-6-2-1-3-7-16/h1-9,11-12,14,20,23H,10,13,15H2,(H,22,24). The van der Waals surface area contributed by atoms with Crippen LogP contribution in [-0.2, 0) is 11.2 Å². The summed E-state index contributed by atoms with van der Waals surface area (Å²) >= 11 is 0. The highest BCUT2D eigenvalue weighted by molar-refractivity contribution is 5.83. The zero-order chi connectivity index (χ0) is 16.8. The summed E-state index contributed by atoms with van der Waals surface area (Å²) in [6.45, 7) is 0.228. The Morgan fingerprint density at radius 3 is 2.42 bits per heavy atom. The van der Waals surface area contributed by atoms with Gasteiger partial charge in [-0.3, -0.25) is 4.79 Å². The number of carbonyl (C=O) groups is 1. The number of hydrogen-bond acceptors (Lipinski definition) is 2. The molecule has 0 aromatic heterocycles. The number of aryl methyl sites for hydroxylation is 1. The largest absolute Gasteiger partial charge is 0.387 e. The van der Waals surface area contributed by atoms with Crippen molar-refractivity contribution in [1.29, 1.82) is 0 Å². The Balaban J connectivity index is 1.52. The molecule has 0 radical (unpaired) electrons. The van der Waals surface area contributed by atoms with Crippen molar-refractivity contribution in [2.24, 2.45) is 0 Å². The number of hydrogen-bond donors (Lipinski definition) is 2. The third-order valence-electron chi connectivity index (χ3n) is 4.13. The predicted octanol–water partition coefficient (Wildman–Crippen LogP) is 3.62. The number of rotatable bonds is 6. The van der Waals surface area contributed by atoms with E-state index in [0.29, 0.717) is 12.8 Å². The summed E-state index contributed by atoms with van der Waals surface area (Å²) < 4.78 is 0. The second-order valence-electron chi connectivity index (χ2n) is 5.91.